The normalized spacial score (nSPS) is 10.1. The van der Waals surface area contributed by atoms with Crippen LogP contribution in [0.3, 0.4) is 0 Å². The van der Waals surface area contributed by atoms with E-state index in [-0.39, 0.29) is 17.3 Å². The van der Waals surface area contributed by atoms with E-state index in [9.17, 15) is 9.90 Å². The van der Waals surface area contributed by atoms with Crippen molar-refractivity contribution in [2.45, 2.75) is 0 Å². The molecule has 1 aromatic heterocycles. The number of hydrogen-bond donors (Lipinski definition) is 3. The number of amides is 2. The minimum Gasteiger partial charge on any atom is -0.506 e. The van der Waals surface area contributed by atoms with Crippen LogP contribution >= 0.6 is 27.5 Å². The van der Waals surface area contributed by atoms with Crippen LogP contribution in [0.25, 0.3) is 0 Å². The molecule has 18 heavy (non-hydrogen) atoms. The first-order valence-corrected chi connectivity index (χ1v) is 6.03. The van der Waals surface area contributed by atoms with E-state index >= 15 is 0 Å². The Hall–Kier alpha value is -1.66. The molecule has 3 N–H and O–H groups in total. The van der Waals surface area contributed by atoms with E-state index in [1.807, 2.05) is 0 Å². The number of hydrogen-bond acceptors (Lipinski definition) is 3. The molecule has 0 aliphatic rings. The molecule has 0 bridgehead atoms. The molecule has 2 rings (SSSR count). The summed E-state index contributed by atoms with van der Waals surface area (Å²) in [6, 6.07) is 7.03. The number of aromatic hydroxyl groups is 1. The molecular formula is C11H8BrClN2O3. The van der Waals surface area contributed by atoms with Crippen LogP contribution in [0.2, 0.25) is 5.02 Å². The molecule has 0 fully saturated rings. The fourth-order valence-corrected chi connectivity index (χ4v) is 1.73. The van der Waals surface area contributed by atoms with E-state index in [0.29, 0.717) is 9.69 Å². The van der Waals surface area contributed by atoms with Crippen molar-refractivity contribution in [1.82, 2.24) is 0 Å². The minimum atomic E-state index is -0.547. The van der Waals surface area contributed by atoms with Crippen LogP contribution in [0.1, 0.15) is 0 Å². The highest BCUT2D eigenvalue weighted by molar-refractivity contribution is 9.10. The van der Waals surface area contributed by atoms with Crippen molar-refractivity contribution in [2.24, 2.45) is 0 Å². The van der Waals surface area contributed by atoms with Gasteiger partial charge in [0, 0.05) is 11.1 Å². The molecule has 0 aliphatic heterocycles. The Morgan fingerprint density at radius 3 is 2.72 bits per heavy atom. The summed E-state index contributed by atoms with van der Waals surface area (Å²) in [7, 11) is 0. The second-order valence-corrected chi connectivity index (χ2v) is 4.56. The molecule has 0 atom stereocenters. The number of furan rings is 1. The fraction of sp³-hybridized carbons (Fsp3) is 0. The Labute approximate surface area is 116 Å². The van der Waals surface area contributed by atoms with Gasteiger partial charge in [-0.15, -0.1) is 0 Å². The van der Waals surface area contributed by atoms with Crippen LogP contribution < -0.4 is 10.6 Å². The van der Waals surface area contributed by atoms with E-state index < -0.39 is 6.03 Å². The minimum absolute atomic E-state index is 0.0739. The molecule has 0 saturated heterocycles. The summed E-state index contributed by atoms with van der Waals surface area (Å²) < 4.78 is 5.61. The topological polar surface area (TPSA) is 74.5 Å². The van der Waals surface area contributed by atoms with Gasteiger partial charge in [-0.2, -0.15) is 0 Å². The lowest BCUT2D eigenvalue weighted by Gasteiger charge is -2.07. The van der Waals surface area contributed by atoms with Crippen molar-refractivity contribution < 1.29 is 14.3 Å². The van der Waals surface area contributed by atoms with E-state index in [1.54, 1.807) is 12.1 Å². The van der Waals surface area contributed by atoms with Gasteiger partial charge in [-0.05, 0) is 40.2 Å². The first-order chi connectivity index (χ1) is 8.54. The lowest BCUT2D eigenvalue weighted by molar-refractivity contribution is 0.261. The maximum atomic E-state index is 11.6. The molecule has 0 saturated carbocycles. The van der Waals surface area contributed by atoms with Gasteiger partial charge in [0.15, 0.2) is 4.67 Å². The molecule has 0 radical (unpaired) electrons. The van der Waals surface area contributed by atoms with Crippen LogP contribution in [0, 0.1) is 0 Å². The number of nitrogens with one attached hydrogen (secondary N) is 2. The van der Waals surface area contributed by atoms with Gasteiger partial charge in [0.1, 0.15) is 5.75 Å². The predicted molar refractivity (Wildman–Crippen MR) is 72.2 cm³/mol. The monoisotopic (exact) mass is 330 g/mol. The number of carbonyl (C=O) groups excluding carboxylic acids is 1. The van der Waals surface area contributed by atoms with Gasteiger partial charge >= 0.3 is 6.03 Å². The largest absolute Gasteiger partial charge is 0.506 e. The second-order valence-electron chi connectivity index (χ2n) is 3.34. The van der Waals surface area contributed by atoms with E-state index in [1.165, 1.54) is 18.2 Å². The van der Waals surface area contributed by atoms with E-state index in [4.69, 9.17) is 16.0 Å². The number of anilines is 2. The lowest BCUT2D eigenvalue weighted by Crippen LogP contribution is -2.19. The Kier molecular flexibility index (Phi) is 3.78. The Bertz CT molecular complexity index is 585. The predicted octanol–water partition coefficient (Wildman–Crippen LogP) is 4.05. The first-order valence-electron chi connectivity index (χ1n) is 4.86. The van der Waals surface area contributed by atoms with Crippen LogP contribution in [0.4, 0.5) is 16.4 Å². The molecule has 94 valence electrons. The fourth-order valence-electron chi connectivity index (χ4n) is 1.26. The second kappa shape index (κ2) is 5.32. The van der Waals surface area contributed by atoms with Crippen LogP contribution in [0.15, 0.2) is 39.4 Å². The van der Waals surface area contributed by atoms with Gasteiger partial charge < -0.3 is 14.8 Å². The van der Waals surface area contributed by atoms with Gasteiger partial charge in [-0.25, -0.2) is 4.79 Å². The van der Waals surface area contributed by atoms with Crippen LogP contribution in [-0.4, -0.2) is 11.1 Å². The van der Waals surface area contributed by atoms with Crippen molar-refractivity contribution >= 4 is 45.1 Å². The van der Waals surface area contributed by atoms with Crippen molar-refractivity contribution in [1.29, 1.82) is 0 Å². The molecule has 7 heteroatoms. The number of benzene rings is 1. The van der Waals surface area contributed by atoms with Crippen molar-refractivity contribution in [2.75, 3.05) is 10.6 Å². The number of phenolic OH excluding ortho intramolecular Hbond substituents is 1. The zero-order valence-corrected chi connectivity index (χ0v) is 11.2. The third-order valence-electron chi connectivity index (χ3n) is 2.02. The first kappa shape index (κ1) is 12.8. The third-order valence-corrected chi connectivity index (χ3v) is 2.68. The molecule has 1 heterocycles. The summed E-state index contributed by atoms with van der Waals surface area (Å²) >= 11 is 8.87. The van der Waals surface area contributed by atoms with Crippen molar-refractivity contribution in [3.8, 4) is 5.75 Å². The maximum absolute atomic E-state index is 11.6. The summed E-state index contributed by atoms with van der Waals surface area (Å²) in [5, 5.41) is 14.8. The highest BCUT2D eigenvalue weighted by atomic mass is 79.9. The van der Waals surface area contributed by atoms with E-state index in [0.717, 1.165) is 0 Å². The highest BCUT2D eigenvalue weighted by Crippen LogP contribution is 2.26. The summed E-state index contributed by atoms with van der Waals surface area (Å²) in [5.41, 5.74) is 0.214. The van der Waals surface area contributed by atoms with Gasteiger partial charge in [0.25, 0.3) is 0 Å². The quantitative estimate of drug-likeness (QED) is 0.727. The number of halogens is 2. The number of urea groups is 1. The highest BCUT2D eigenvalue weighted by Gasteiger charge is 2.09. The molecule has 2 aromatic rings. The summed E-state index contributed by atoms with van der Waals surface area (Å²) in [6.07, 6.45) is 0. The maximum Gasteiger partial charge on any atom is 0.326 e. The van der Waals surface area contributed by atoms with Gasteiger partial charge in [0.2, 0.25) is 5.88 Å². The smallest absolute Gasteiger partial charge is 0.326 e. The van der Waals surface area contributed by atoms with Gasteiger partial charge in [-0.1, -0.05) is 11.6 Å². The van der Waals surface area contributed by atoms with Crippen LogP contribution in [0.5, 0.6) is 5.75 Å². The molecule has 0 spiro atoms. The Balaban J connectivity index is 2.05. The van der Waals surface area contributed by atoms with Gasteiger partial charge in [0.05, 0.1) is 5.69 Å². The van der Waals surface area contributed by atoms with Crippen molar-refractivity contribution in [3.63, 3.8) is 0 Å². The average molecular weight is 332 g/mol. The number of carbonyl (C=O) groups is 1. The molecule has 0 aliphatic carbocycles. The number of rotatable bonds is 2. The van der Waals surface area contributed by atoms with Gasteiger partial charge in [-0.3, -0.25) is 5.32 Å². The summed E-state index contributed by atoms with van der Waals surface area (Å²) in [5.74, 6) is 0.205. The average Bonchev–Trinajstić information content (AvgIpc) is 2.69. The Morgan fingerprint density at radius 1 is 1.28 bits per heavy atom. The summed E-state index contributed by atoms with van der Waals surface area (Å²) in [6.45, 7) is 0. The Morgan fingerprint density at radius 2 is 2.06 bits per heavy atom. The third kappa shape index (κ3) is 3.18. The van der Waals surface area contributed by atoms with Crippen LogP contribution in [-0.2, 0) is 0 Å². The zero-order chi connectivity index (χ0) is 13.1. The SMILES string of the molecule is O=C(Nc1ccc(Br)o1)Nc1cc(Cl)ccc1O. The van der Waals surface area contributed by atoms with E-state index in [2.05, 4.69) is 26.6 Å². The number of phenols is 1. The van der Waals surface area contributed by atoms with Crippen molar-refractivity contribution in [3.05, 3.63) is 40.0 Å². The molecular weight excluding hydrogens is 323 g/mol. The molecule has 0 unspecified atom stereocenters. The standard InChI is InChI=1S/C11H8BrClN2O3/c12-9-3-4-10(18-9)15-11(17)14-7-5-6(13)1-2-8(7)16/h1-5,16H,(H2,14,15,17). The lowest BCUT2D eigenvalue weighted by atomic mass is 10.3. The molecule has 5 nitrogen and oxygen atoms in total. The zero-order valence-electron chi connectivity index (χ0n) is 8.91. The summed E-state index contributed by atoms with van der Waals surface area (Å²) in [4.78, 5) is 11.6. The molecule has 1 aromatic carbocycles. The molecule has 2 amide bonds.